The predicted molar refractivity (Wildman–Crippen MR) is 60.5 cm³/mol. The Morgan fingerprint density at radius 3 is 2.72 bits per heavy atom. The van der Waals surface area contributed by atoms with Gasteiger partial charge in [0.1, 0.15) is 5.69 Å². The van der Waals surface area contributed by atoms with Gasteiger partial charge in [-0.15, -0.1) is 5.10 Å². The molecule has 100 valence electrons. The molecule has 0 bridgehead atoms. The van der Waals surface area contributed by atoms with Gasteiger partial charge in [0.15, 0.2) is 6.04 Å². The molecule has 2 N–H and O–H groups in total. The van der Waals surface area contributed by atoms with E-state index < -0.39 is 12.0 Å². The van der Waals surface area contributed by atoms with E-state index >= 15 is 0 Å². The van der Waals surface area contributed by atoms with Crippen molar-refractivity contribution in [3.8, 4) is 0 Å². The number of hydrogen-bond acceptors (Lipinski definition) is 5. The number of aromatic nitrogens is 3. The van der Waals surface area contributed by atoms with E-state index in [2.05, 4.69) is 10.3 Å². The summed E-state index contributed by atoms with van der Waals surface area (Å²) in [6.45, 7) is 1.75. The maximum atomic E-state index is 11.2. The summed E-state index contributed by atoms with van der Waals surface area (Å²) in [5.41, 5.74) is 0.193. The maximum absolute atomic E-state index is 11.2. The van der Waals surface area contributed by atoms with Crippen LogP contribution in [0.5, 0.6) is 0 Å². The predicted octanol–water partition coefficient (Wildman–Crippen LogP) is -0.735. The van der Waals surface area contributed by atoms with Gasteiger partial charge in [-0.25, -0.2) is 4.79 Å². The average Bonchev–Trinajstić information content (AvgIpc) is 2.74. The lowest BCUT2D eigenvalue weighted by atomic mass is 10.2. The Kier molecular flexibility index (Phi) is 4.78. The Balaban J connectivity index is 2.89. The number of rotatable bonds is 6. The van der Waals surface area contributed by atoms with Gasteiger partial charge in [0.05, 0.1) is 6.20 Å². The number of nitrogens with zero attached hydrogens (tertiary/aromatic N) is 4. The lowest BCUT2D eigenvalue weighted by molar-refractivity contribution is -0.148. The van der Waals surface area contributed by atoms with Crippen LogP contribution in [-0.4, -0.2) is 55.6 Å². The van der Waals surface area contributed by atoms with E-state index in [0.29, 0.717) is 13.0 Å². The van der Waals surface area contributed by atoms with Crippen LogP contribution < -0.4 is 0 Å². The topological polar surface area (TPSA) is 109 Å². The zero-order valence-corrected chi connectivity index (χ0v) is 10.3. The second-order valence-electron chi connectivity index (χ2n) is 3.85. The van der Waals surface area contributed by atoms with Gasteiger partial charge in [-0.3, -0.25) is 9.48 Å². The van der Waals surface area contributed by atoms with Gasteiger partial charge in [0.2, 0.25) is 5.91 Å². The molecule has 0 aliphatic carbocycles. The molecule has 18 heavy (non-hydrogen) atoms. The summed E-state index contributed by atoms with van der Waals surface area (Å²) in [5.74, 6) is -1.53. The highest BCUT2D eigenvalue weighted by Crippen LogP contribution is 2.17. The molecule has 1 aromatic heterocycles. The molecule has 0 saturated carbocycles. The molecule has 8 heteroatoms. The lowest BCUT2D eigenvalue weighted by Crippen LogP contribution is -2.34. The van der Waals surface area contributed by atoms with Crippen molar-refractivity contribution >= 4 is 11.9 Å². The van der Waals surface area contributed by atoms with Crippen LogP contribution in [0.1, 0.15) is 25.1 Å². The number of carboxylic acid groups (broad SMARTS) is 1. The summed E-state index contributed by atoms with van der Waals surface area (Å²) in [5, 5.41) is 25.3. The van der Waals surface area contributed by atoms with E-state index in [1.54, 1.807) is 0 Å². The molecule has 0 radical (unpaired) electrons. The number of aliphatic carboxylic acids is 1. The Hall–Kier alpha value is -1.96. The van der Waals surface area contributed by atoms with Crippen molar-refractivity contribution in [2.45, 2.75) is 25.9 Å². The first-order chi connectivity index (χ1) is 8.47. The summed E-state index contributed by atoms with van der Waals surface area (Å²) in [7, 11) is 1.40. The number of carbonyl (C=O) groups excluding carboxylic acids is 1. The van der Waals surface area contributed by atoms with Crippen LogP contribution in [0.2, 0.25) is 0 Å². The fourth-order valence-corrected chi connectivity index (χ4v) is 1.45. The molecular weight excluding hydrogens is 240 g/mol. The quantitative estimate of drug-likeness (QED) is 0.694. The second kappa shape index (κ2) is 6.10. The highest BCUT2D eigenvalue weighted by atomic mass is 16.4. The van der Waals surface area contributed by atoms with Crippen LogP contribution >= 0.6 is 0 Å². The van der Waals surface area contributed by atoms with Gasteiger partial charge in [-0.1, -0.05) is 5.21 Å². The van der Waals surface area contributed by atoms with Crippen molar-refractivity contribution in [1.82, 2.24) is 19.9 Å². The first-order valence-electron chi connectivity index (χ1n) is 5.44. The third-order valence-electron chi connectivity index (χ3n) is 2.50. The van der Waals surface area contributed by atoms with E-state index in [9.17, 15) is 9.59 Å². The van der Waals surface area contributed by atoms with E-state index in [-0.39, 0.29) is 18.2 Å². The summed E-state index contributed by atoms with van der Waals surface area (Å²) < 4.78 is 1.44. The highest BCUT2D eigenvalue weighted by molar-refractivity contribution is 5.82. The summed E-state index contributed by atoms with van der Waals surface area (Å²) in [6, 6.07) is -1.15. The molecule has 0 spiro atoms. The van der Waals surface area contributed by atoms with Gasteiger partial charge in [0.25, 0.3) is 0 Å². The van der Waals surface area contributed by atoms with Gasteiger partial charge >= 0.3 is 5.97 Å². The third kappa shape index (κ3) is 3.27. The van der Waals surface area contributed by atoms with Crippen molar-refractivity contribution in [2.24, 2.45) is 0 Å². The van der Waals surface area contributed by atoms with Crippen LogP contribution in [-0.2, 0) is 16.1 Å². The van der Waals surface area contributed by atoms with E-state index in [4.69, 9.17) is 10.2 Å². The number of hydrogen-bond donors (Lipinski definition) is 2. The number of aliphatic hydroxyl groups is 1. The molecule has 0 fully saturated rings. The Morgan fingerprint density at radius 1 is 1.56 bits per heavy atom. The molecule has 1 atom stereocenters. The molecule has 0 aliphatic rings. The minimum atomic E-state index is -1.16. The molecule has 0 saturated heterocycles. The van der Waals surface area contributed by atoms with Crippen LogP contribution in [0.4, 0.5) is 0 Å². The minimum Gasteiger partial charge on any atom is -0.479 e. The molecule has 8 nitrogen and oxygen atoms in total. The number of amides is 1. The lowest BCUT2D eigenvalue weighted by Gasteiger charge is -2.21. The SMILES string of the molecule is CC(=O)N(C)C(C(=O)O)c1cn(CCCO)nn1. The van der Waals surface area contributed by atoms with Gasteiger partial charge in [0, 0.05) is 27.1 Å². The average molecular weight is 256 g/mol. The number of aryl methyl sites for hydroxylation is 1. The summed E-state index contributed by atoms with van der Waals surface area (Å²) >= 11 is 0. The van der Waals surface area contributed by atoms with Crippen molar-refractivity contribution in [1.29, 1.82) is 0 Å². The Labute approximate surface area is 104 Å². The number of carboxylic acids is 1. The molecule has 1 rings (SSSR count). The normalized spacial score (nSPS) is 12.2. The zero-order chi connectivity index (χ0) is 13.7. The standard InChI is InChI=1S/C10H16N4O4/c1-7(16)13(2)9(10(17)18)8-6-14(12-11-8)4-3-5-15/h6,9,15H,3-5H2,1-2H3,(H,17,18). The summed E-state index contributed by atoms with van der Waals surface area (Å²) in [6.07, 6.45) is 1.97. The zero-order valence-electron chi connectivity index (χ0n) is 10.3. The molecular formula is C10H16N4O4. The molecule has 0 aliphatic heterocycles. The molecule has 1 aromatic rings. The number of carbonyl (C=O) groups is 2. The first-order valence-corrected chi connectivity index (χ1v) is 5.44. The molecule has 1 heterocycles. The smallest absolute Gasteiger partial charge is 0.332 e. The molecule has 1 unspecified atom stereocenters. The Morgan fingerprint density at radius 2 is 2.22 bits per heavy atom. The van der Waals surface area contributed by atoms with Crippen LogP contribution in [0, 0.1) is 0 Å². The largest absolute Gasteiger partial charge is 0.479 e. The Bertz CT molecular complexity index is 431. The summed E-state index contributed by atoms with van der Waals surface area (Å²) in [4.78, 5) is 23.5. The fraction of sp³-hybridized carbons (Fsp3) is 0.600. The van der Waals surface area contributed by atoms with Crippen molar-refractivity contribution < 1.29 is 19.8 Å². The minimum absolute atomic E-state index is 0.0188. The number of aliphatic hydroxyl groups excluding tert-OH is 1. The highest BCUT2D eigenvalue weighted by Gasteiger charge is 2.29. The first kappa shape index (κ1) is 14.1. The second-order valence-corrected chi connectivity index (χ2v) is 3.85. The van der Waals surface area contributed by atoms with Crippen molar-refractivity contribution in [2.75, 3.05) is 13.7 Å². The van der Waals surface area contributed by atoms with Crippen LogP contribution in [0.15, 0.2) is 6.20 Å². The van der Waals surface area contributed by atoms with Gasteiger partial charge in [-0.2, -0.15) is 0 Å². The maximum Gasteiger partial charge on any atom is 0.332 e. The number of likely N-dealkylation sites (N-methyl/N-ethyl adjacent to an activating group) is 1. The van der Waals surface area contributed by atoms with Crippen LogP contribution in [0.25, 0.3) is 0 Å². The van der Waals surface area contributed by atoms with Gasteiger partial charge < -0.3 is 15.1 Å². The fourth-order valence-electron chi connectivity index (χ4n) is 1.45. The van der Waals surface area contributed by atoms with E-state index in [1.165, 1.54) is 24.9 Å². The van der Waals surface area contributed by atoms with Gasteiger partial charge in [-0.05, 0) is 6.42 Å². The van der Waals surface area contributed by atoms with E-state index in [0.717, 1.165) is 4.90 Å². The van der Waals surface area contributed by atoms with Crippen molar-refractivity contribution in [3.63, 3.8) is 0 Å². The van der Waals surface area contributed by atoms with E-state index in [1.807, 2.05) is 0 Å². The third-order valence-corrected chi connectivity index (χ3v) is 2.50. The molecule has 0 aromatic carbocycles. The van der Waals surface area contributed by atoms with Crippen LogP contribution in [0.3, 0.4) is 0 Å². The van der Waals surface area contributed by atoms with Crippen molar-refractivity contribution in [3.05, 3.63) is 11.9 Å². The monoisotopic (exact) mass is 256 g/mol. The molecule has 1 amide bonds.